The average molecular weight is 263 g/mol. The Morgan fingerprint density at radius 3 is 2.29 bits per heavy atom. The van der Waals surface area contributed by atoms with Gasteiger partial charge in [-0.15, -0.1) is 0 Å². The first-order valence-corrected chi connectivity index (χ1v) is 5.06. The minimum Gasteiger partial charge on any atom is -0.368 e. The normalized spacial score (nSPS) is 12.3. The molecule has 0 aromatic carbocycles. The molecule has 0 saturated heterocycles. The highest BCUT2D eigenvalue weighted by Crippen LogP contribution is 2.10. The van der Waals surface area contributed by atoms with Crippen LogP contribution in [-0.2, 0) is 9.59 Å². The zero-order chi connectivity index (χ0) is 11.3. The summed E-state index contributed by atoms with van der Waals surface area (Å²) in [6.07, 6.45) is 0.313. The maximum Gasteiger partial charge on any atom is 0.240 e. The fourth-order valence-electron chi connectivity index (χ4n) is 0.783. The summed E-state index contributed by atoms with van der Waals surface area (Å²) < 4.78 is 0.630. The van der Waals surface area contributed by atoms with E-state index in [1.54, 1.807) is 13.8 Å². The second kappa shape index (κ2) is 5.80. The van der Waals surface area contributed by atoms with Crippen molar-refractivity contribution in [2.75, 3.05) is 0 Å². The Labute approximate surface area is 92.0 Å². The van der Waals surface area contributed by atoms with Crippen LogP contribution in [0, 0.1) is 5.92 Å². The fourth-order valence-corrected chi connectivity index (χ4v) is 1.11. The third kappa shape index (κ3) is 5.01. The van der Waals surface area contributed by atoms with Crippen LogP contribution in [0.3, 0.4) is 0 Å². The molecular formula is C9H15BrN2O2. The minimum absolute atomic E-state index is 0.166. The summed E-state index contributed by atoms with van der Waals surface area (Å²) in [7, 11) is 0. The first kappa shape index (κ1) is 13.2. The van der Waals surface area contributed by atoms with Crippen LogP contribution in [0.4, 0.5) is 0 Å². The Morgan fingerprint density at radius 2 is 2.00 bits per heavy atom. The average Bonchev–Trinajstić information content (AvgIpc) is 2.01. The molecule has 0 radical (unpaired) electrons. The van der Waals surface area contributed by atoms with E-state index in [9.17, 15) is 9.59 Å². The van der Waals surface area contributed by atoms with Crippen molar-refractivity contribution in [3.05, 3.63) is 11.1 Å². The molecule has 5 heteroatoms. The van der Waals surface area contributed by atoms with E-state index in [2.05, 4.69) is 27.8 Å². The third-order valence-corrected chi connectivity index (χ3v) is 1.93. The molecule has 3 N–H and O–H groups in total. The number of nitrogens with two attached hydrogens (primary N) is 1. The van der Waals surface area contributed by atoms with Gasteiger partial charge in [0, 0.05) is 12.3 Å². The topological polar surface area (TPSA) is 72.2 Å². The molecule has 1 atom stereocenters. The van der Waals surface area contributed by atoms with Gasteiger partial charge in [-0.1, -0.05) is 36.4 Å². The van der Waals surface area contributed by atoms with E-state index in [0.29, 0.717) is 10.9 Å². The Morgan fingerprint density at radius 1 is 1.50 bits per heavy atom. The van der Waals surface area contributed by atoms with Crippen molar-refractivity contribution < 1.29 is 9.59 Å². The highest BCUT2D eigenvalue weighted by Gasteiger charge is 2.19. The maximum absolute atomic E-state index is 11.3. The number of halogens is 1. The molecule has 0 aliphatic carbocycles. The highest BCUT2D eigenvalue weighted by molar-refractivity contribution is 9.11. The van der Waals surface area contributed by atoms with E-state index >= 15 is 0 Å². The molecule has 14 heavy (non-hydrogen) atoms. The molecule has 0 unspecified atom stereocenters. The molecule has 0 heterocycles. The number of nitrogens with one attached hydrogen (secondary N) is 1. The van der Waals surface area contributed by atoms with Gasteiger partial charge < -0.3 is 11.1 Å². The van der Waals surface area contributed by atoms with Gasteiger partial charge in [0.15, 0.2) is 0 Å². The molecule has 2 amide bonds. The predicted molar refractivity (Wildman–Crippen MR) is 58.6 cm³/mol. The number of amides is 2. The lowest BCUT2D eigenvalue weighted by Gasteiger charge is -2.16. The molecule has 0 saturated carbocycles. The van der Waals surface area contributed by atoms with Crippen LogP contribution in [0.1, 0.15) is 20.3 Å². The first-order valence-electron chi connectivity index (χ1n) is 4.27. The predicted octanol–water partition coefficient (Wildman–Crippen LogP) is 0.911. The smallest absolute Gasteiger partial charge is 0.240 e. The largest absolute Gasteiger partial charge is 0.368 e. The van der Waals surface area contributed by atoms with E-state index in [1.807, 2.05) is 0 Å². The Kier molecular flexibility index (Phi) is 5.45. The van der Waals surface area contributed by atoms with Gasteiger partial charge in [0.05, 0.1) is 0 Å². The Balaban J connectivity index is 4.31. The van der Waals surface area contributed by atoms with Crippen molar-refractivity contribution in [2.24, 2.45) is 11.7 Å². The van der Waals surface area contributed by atoms with E-state index < -0.39 is 11.9 Å². The van der Waals surface area contributed by atoms with Crippen molar-refractivity contribution in [3.63, 3.8) is 0 Å². The molecule has 0 aliphatic heterocycles. The molecule has 4 nitrogen and oxygen atoms in total. The van der Waals surface area contributed by atoms with Crippen molar-refractivity contribution in [2.45, 2.75) is 26.3 Å². The van der Waals surface area contributed by atoms with Gasteiger partial charge in [-0.05, 0) is 4.48 Å². The van der Waals surface area contributed by atoms with Crippen LogP contribution in [0.5, 0.6) is 0 Å². The quantitative estimate of drug-likeness (QED) is 0.773. The summed E-state index contributed by atoms with van der Waals surface area (Å²) in [6.45, 7) is 7.08. The van der Waals surface area contributed by atoms with Crippen molar-refractivity contribution in [1.29, 1.82) is 0 Å². The second-order valence-corrected chi connectivity index (χ2v) is 4.46. The SMILES string of the molecule is C=C(Br)C[C@H](NC(=O)C(C)C)C(N)=O. The highest BCUT2D eigenvalue weighted by atomic mass is 79.9. The molecule has 0 spiro atoms. The van der Waals surface area contributed by atoms with E-state index in [1.165, 1.54) is 0 Å². The van der Waals surface area contributed by atoms with Gasteiger partial charge in [0.1, 0.15) is 6.04 Å². The summed E-state index contributed by atoms with van der Waals surface area (Å²) >= 11 is 3.12. The molecule has 0 rings (SSSR count). The second-order valence-electron chi connectivity index (χ2n) is 3.34. The first-order chi connectivity index (χ1) is 6.34. The van der Waals surface area contributed by atoms with Gasteiger partial charge in [-0.3, -0.25) is 9.59 Å². The lowest BCUT2D eigenvalue weighted by Crippen LogP contribution is -2.45. The van der Waals surface area contributed by atoms with Crippen molar-refractivity contribution in [3.8, 4) is 0 Å². The summed E-state index contributed by atoms with van der Waals surface area (Å²) in [6, 6.07) is -0.684. The molecule has 0 aromatic rings. The summed E-state index contributed by atoms with van der Waals surface area (Å²) in [4.78, 5) is 22.2. The third-order valence-electron chi connectivity index (χ3n) is 1.61. The van der Waals surface area contributed by atoms with Gasteiger partial charge >= 0.3 is 0 Å². The van der Waals surface area contributed by atoms with Crippen LogP contribution in [0.25, 0.3) is 0 Å². The fraction of sp³-hybridized carbons (Fsp3) is 0.556. The van der Waals surface area contributed by atoms with Crippen LogP contribution in [0.15, 0.2) is 11.1 Å². The zero-order valence-corrected chi connectivity index (χ0v) is 9.93. The zero-order valence-electron chi connectivity index (χ0n) is 8.34. The van der Waals surface area contributed by atoms with E-state index in [4.69, 9.17) is 5.73 Å². The molecular weight excluding hydrogens is 248 g/mol. The lowest BCUT2D eigenvalue weighted by atomic mass is 10.1. The van der Waals surface area contributed by atoms with Crippen LogP contribution < -0.4 is 11.1 Å². The van der Waals surface area contributed by atoms with E-state index in [-0.39, 0.29) is 11.8 Å². The Bertz CT molecular complexity index is 251. The number of carbonyl (C=O) groups excluding carboxylic acids is 2. The van der Waals surface area contributed by atoms with Crippen molar-refractivity contribution >= 4 is 27.7 Å². The lowest BCUT2D eigenvalue weighted by molar-refractivity contribution is -0.129. The van der Waals surface area contributed by atoms with Gasteiger partial charge in [-0.25, -0.2) is 0 Å². The van der Waals surface area contributed by atoms with Gasteiger partial charge in [0.25, 0.3) is 0 Å². The summed E-state index contributed by atoms with van der Waals surface area (Å²) in [5.41, 5.74) is 5.12. The minimum atomic E-state index is -0.684. The number of hydrogen-bond donors (Lipinski definition) is 2. The van der Waals surface area contributed by atoms with E-state index in [0.717, 1.165) is 0 Å². The van der Waals surface area contributed by atoms with Gasteiger partial charge in [-0.2, -0.15) is 0 Å². The van der Waals surface area contributed by atoms with Crippen molar-refractivity contribution in [1.82, 2.24) is 5.32 Å². The van der Waals surface area contributed by atoms with Crippen LogP contribution in [0.2, 0.25) is 0 Å². The monoisotopic (exact) mass is 262 g/mol. The standard InChI is InChI=1S/C9H15BrN2O2/c1-5(2)9(14)12-7(8(11)13)4-6(3)10/h5,7H,3-4H2,1-2H3,(H2,11,13)(H,12,14)/t7-/m0/s1. The van der Waals surface area contributed by atoms with Crippen LogP contribution >= 0.6 is 15.9 Å². The molecule has 0 fully saturated rings. The Hall–Kier alpha value is -0.840. The summed E-state index contributed by atoms with van der Waals surface area (Å²) in [5, 5.41) is 2.54. The number of carbonyl (C=O) groups is 2. The molecule has 0 aliphatic rings. The molecule has 80 valence electrons. The number of hydrogen-bond acceptors (Lipinski definition) is 2. The molecule has 0 bridgehead atoms. The summed E-state index contributed by atoms with van der Waals surface area (Å²) in [5.74, 6) is -0.914. The maximum atomic E-state index is 11.3. The van der Waals surface area contributed by atoms with Crippen LogP contribution in [-0.4, -0.2) is 17.9 Å². The molecule has 0 aromatic heterocycles. The van der Waals surface area contributed by atoms with Gasteiger partial charge in [0.2, 0.25) is 11.8 Å². The number of rotatable bonds is 5. The number of primary amides is 1.